The van der Waals surface area contributed by atoms with E-state index in [1.165, 1.54) is 11.9 Å². The van der Waals surface area contributed by atoms with E-state index in [4.69, 9.17) is 0 Å². The summed E-state index contributed by atoms with van der Waals surface area (Å²) in [7, 11) is -1.26. The van der Waals surface area contributed by atoms with Crippen molar-refractivity contribution in [2.75, 3.05) is 43.6 Å². The Labute approximate surface area is 132 Å². The fourth-order valence-electron chi connectivity index (χ4n) is 2.49. The van der Waals surface area contributed by atoms with Gasteiger partial charge in [-0.3, -0.25) is 4.99 Å². The second-order valence-corrected chi connectivity index (χ2v) is 7.80. The van der Waals surface area contributed by atoms with E-state index in [1.54, 1.807) is 7.05 Å². The highest BCUT2D eigenvalue weighted by atomic mass is 32.2. The number of guanidine groups is 1. The summed E-state index contributed by atoms with van der Waals surface area (Å²) in [6, 6.07) is 10.6. The van der Waals surface area contributed by atoms with E-state index in [1.807, 2.05) is 18.2 Å². The molecule has 1 fully saturated rings. The van der Waals surface area contributed by atoms with E-state index in [2.05, 4.69) is 32.7 Å². The lowest BCUT2D eigenvalue weighted by atomic mass is 10.3. The molecule has 0 saturated carbocycles. The molecule has 0 aliphatic carbocycles. The second kappa shape index (κ2) is 7.49. The molecule has 1 aliphatic rings. The summed E-state index contributed by atoms with van der Waals surface area (Å²) in [5.74, 6) is 0.762. The number of nitrogens with one attached hydrogen (secondary N) is 2. The number of hydrogen-bond acceptors (Lipinski definition) is 4. The van der Waals surface area contributed by atoms with Gasteiger partial charge in [-0.15, -0.1) is 0 Å². The van der Waals surface area contributed by atoms with Gasteiger partial charge in [0.25, 0.3) is 0 Å². The molecule has 1 saturated heterocycles. The number of hydrogen-bond donors (Lipinski definition) is 2. The van der Waals surface area contributed by atoms with Crippen LogP contribution in [-0.2, 0) is 9.84 Å². The number of anilines is 1. The third-order valence-corrected chi connectivity index (χ3v) is 4.59. The van der Waals surface area contributed by atoms with Crippen molar-refractivity contribution in [2.45, 2.75) is 12.5 Å². The molecule has 1 aliphatic heterocycles. The molecule has 0 spiro atoms. The first-order valence-corrected chi connectivity index (χ1v) is 9.49. The molecule has 1 unspecified atom stereocenters. The number of rotatable bonds is 5. The molecule has 22 heavy (non-hydrogen) atoms. The maximum absolute atomic E-state index is 11.1. The minimum Gasteiger partial charge on any atom is -0.369 e. The normalized spacial score (nSPS) is 19.3. The maximum Gasteiger partial charge on any atom is 0.191 e. The molecule has 0 radical (unpaired) electrons. The van der Waals surface area contributed by atoms with E-state index in [-0.39, 0.29) is 5.75 Å². The Morgan fingerprint density at radius 2 is 2.09 bits per heavy atom. The van der Waals surface area contributed by atoms with Crippen LogP contribution in [0.3, 0.4) is 0 Å². The molecule has 6 nitrogen and oxygen atoms in total. The topological polar surface area (TPSA) is 73.8 Å². The summed E-state index contributed by atoms with van der Waals surface area (Å²) in [5.41, 5.74) is 1.23. The van der Waals surface area contributed by atoms with Crippen molar-refractivity contribution in [3.8, 4) is 0 Å². The number of nitrogens with zero attached hydrogens (tertiary/aromatic N) is 2. The first-order chi connectivity index (χ1) is 10.5. The highest BCUT2D eigenvalue weighted by Gasteiger charge is 2.23. The van der Waals surface area contributed by atoms with Crippen molar-refractivity contribution in [1.82, 2.24) is 10.6 Å². The van der Waals surface area contributed by atoms with Crippen LogP contribution in [0.4, 0.5) is 5.69 Å². The van der Waals surface area contributed by atoms with E-state index in [9.17, 15) is 8.42 Å². The van der Waals surface area contributed by atoms with Crippen LogP contribution in [0.15, 0.2) is 35.3 Å². The first kappa shape index (κ1) is 16.6. The molecule has 122 valence electrons. The standard InChI is InChI=1S/C15H24N4O2S/c1-16-15(17-9-11-22(2,20)21)18-13-8-10-19(12-13)14-6-4-3-5-7-14/h3-7,13H,8-12H2,1-2H3,(H2,16,17,18). The Morgan fingerprint density at radius 3 is 2.73 bits per heavy atom. The van der Waals surface area contributed by atoms with Gasteiger partial charge in [-0.25, -0.2) is 8.42 Å². The van der Waals surface area contributed by atoms with Crippen LogP contribution in [0.25, 0.3) is 0 Å². The SMILES string of the molecule is CN=C(NCCS(C)(=O)=O)NC1CCN(c2ccccc2)C1. The minimum atomic E-state index is -2.95. The summed E-state index contributed by atoms with van der Waals surface area (Å²) >= 11 is 0. The van der Waals surface area contributed by atoms with Crippen molar-refractivity contribution >= 4 is 21.5 Å². The van der Waals surface area contributed by atoms with Crippen LogP contribution in [0.5, 0.6) is 0 Å². The van der Waals surface area contributed by atoms with Crippen molar-refractivity contribution < 1.29 is 8.42 Å². The summed E-state index contributed by atoms with van der Waals surface area (Å²) in [6.07, 6.45) is 2.27. The zero-order chi connectivity index (χ0) is 16.0. The molecule has 0 amide bonds. The summed E-state index contributed by atoms with van der Waals surface area (Å²) in [4.78, 5) is 6.48. The second-order valence-electron chi connectivity index (χ2n) is 5.54. The van der Waals surface area contributed by atoms with Crippen LogP contribution in [0, 0.1) is 0 Å². The largest absolute Gasteiger partial charge is 0.369 e. The molecule has 0 aromatic heterocycles. The van der Waals surface area contributed by atoms with Gasteiger partial charge in [-0.05, 0) is 18.6 Å². The molecule has 2 N–H and O–H groups in total. The Kier molecular flexibility index (Phi) is 5.65. The molecule has 2 rings (SSSR count). The van der Waals surface area contributed by atoms with Crippen molar-refractivity contribution in [2.24, 2.45) is 4.99 Å². The molecular weight excluding hydrogens is 300 g/mol. The Bertz CT molecular complexity index is 601. The van der Waals surface area contributed by atoms with Crippen LogP contribution in [-0.4, -0.2) is 59.1 Å². The van der Waals surface area contributed by atoms with Gasteiger partial charge in [-0.1, -0.05) is 18.2 Å². The van der Waals surface area contributed by atoms with Crippen LogP contribution in [0.2, 0.25) is 0 Å². The van der Waals surface area contributed by atoms with Gasteiger partial charge in [0.2, 0.25) is 0 Å². The Hall–Kier alpha value is -1.76. The Balaban J connectivity index is 1.81. The van der Waals surface area contributed by atoms with Gasteiger partial charge in [0, 0.05) is 44.7 Å². The third kappa shape index (κ3) is 5.22. The molecular formula is C15H24N4O2S. The molecule has 1 atom stereocenters. The lowest BCUT2D eigenvalue weighted by Crippen LogP contribution is -2.45. The lowest BCUT2D eigenvalue weighted by molar-refractivity contribution is 0.599. The number of para-hydroxylation sites is 1. The lowest BCUT2D eigenvalue weighted by Gasteiger charge is -2.20. The molecule has 1 aromatic carbocycles. The van der Waals surface area contributed by atoms with Gasteiger partial charge in [-0.2, -0.15) is 0 Å². The third-order valence-electron chi connectivity index (χ3n) is 3.64. The first-order valence-electron chi connectivity index (χ1n) is 7.43. The predicted octanol–water partition coefficient (Wildman–Crippen LogP) is 0.475. The summed E-state index contributed by atoms with van der Waals surface area (Å²) in [5, 5.41) is 6.40. The van der Waals surface area contributed by atoms with Gasteiger partial charge in [0.05, 0.1) is 5.75 Å². The van der Waals surface area contributed by atoms with E-state index in [0.29, 0.717) is 18.5 Å². The summed E-state index contributed by atoms with van der Waals surface area (Å²) < 4.78 is 22.3. The average Bonchev–Trinajstić information content (AvgIpc) is 2.94. The predicted molar refractivity (Wildman–Crippen MR) is 91.3 cm³/mol. The quantitative estimate of drug-likeness (QED) is 0.609. The van der Waals surface area contributed by atoms with E-state index in [0.717, 1.165) is 19.5 Å². The molecule has 0 bridgehead atoms. The fraction of sp³-hybridized carbons (Fsp3) is 0.533. The van der Waals surface area contributed by atoms with Gasteiger partial charge >= 0.3 is 0 Å². The average molecular weight is 324 g/mol. The number of benzene rings is 1. The van der Waals surface area contributed by atoms with E-state index >= 15 is 0 Å². The van der Waals surface area contributed by atoms with Crippen LogP contribution < -0.4 is 15.5 Å². The molecule has 1 heterocycles. The minimum absolute atomic E-state index is 0.106. The van der Waals surface area contributed by atoms with Gasteiger partial charge in [0.15, 0.2) is 5.96 Å². The highest BCUT2D eigenvalue weighted by Crippen LogP contribution is 2.19. The Morgan fingerprint density at radius 1 is 1.36 bits per heavy atom. The smallest absolute Gasteiger partial charge is 0.191 e. The number of sulfone groups is 1. The summed E-state index contributed by atoms with van der Waals surface area (Å²) in [6.45, 7) is 2.28. The van der Waals surface area contributed by atoms with Crippen molar-refractivity contribution in [1.29, 1.82) is 0 Å². The van der Waals surface area contributed by atoms with Crippen molar-refractivity contribution in [3.05, 3.63) is 30.3 Å². The molecule has 7 heteroatoms. The fourth-order valence-corrected chi connectivity index (χ4v) is 2.97. The monoisotopic (exact) mass is 324 g/mol. The maximum atomic E-state index is 11.1. The van der Waals surface area contributed by atoms with Crippen LogP contribution >= 0.6 is 0 Å². The van der Waals surface area contributed by atoms with E-state index < -0.39 is 9.84 Å². The van der Waals surface area contributed by atoms with Crippen LogP contribution in [0.1, 0.15) is 6.42 Å². The number of aliphatic imine (C=N–C) groups is 1. The zero-order valence-corrected chi connectivity index (χ0v) is 13.9. The van der Waals surface area contributed by atoms with Gasteiger partial charge in [0.1, 0.15) is 9.84 Å². The highest BCUT2D eigenvalue weighted by molar-refractivity contribution is 7.90. The van der Waals surface area contributed by atoms with Crippen molar-refractivity contribution in [3.63, 3.8) is 0 Å². The van der Waals surface area contributed by atoms with Gasteiger partial charge < -0.3 is 15.5 Å². The zero-order valence-electron chi connectivity index (χ0n) is 13.1. The molecule has 1 aromatic rings.